The zero-order valence-electron chi connectivity index (χ0n) is 7.03. The Balaban J connectivity index is 2.15. The number of rotatable bonds is 1. The molecule has 2 aliphatic rings. The van der Waals surface area contributed by atoms with Gasteiger partial charge in [-0.3, -0.25) is 0 Å². The topological polar surface area (TPSA) is 27.0 Å². The van der Waals surface area contributed by atoms with E-state index in [1.165, 1.54) is 12.1 Å². The van der Waals surface area contributed by atoms with Gasteiger partial charge in [-0.25, -0.2) is 0 Å². The molecule has 2 heteroatoms. The van der Waals surface area contributed by atoms with Crippen molar-refractivity contribution in [2.24, 2.45) is 5.92 Å². The molecule has 1 unspecified atom stereocenters. The van der Waals surface area contributed by atoms with Gasteiger partial charge < -0.3 is 4.90 Å². The van der Waals surface area contributed by atoms with Crippen molar-refractivity contribution in [2.75, 3.05) is 13.1 Å². The highest BCUT2D eigenvalue weighted by Crippen LogP contribution is 2.32. The van der Waals surface area contributed by atoms with Gasteiger partial charge in [-0.2, -0.15) is 5.26 Å². The number of likely N-dealkylation sites (tertiary alicyclic amines) is 1. The third-order valence-electron chi connectivity index (χ3n) is 2.62. The molecule has 1 saturated heterocycles. The fraction of sp³-hybridized carbons (Fsp3) is 0.500. The zero-order chi connectivity index (χ0) is 8.39. The van der Waals surface area contributed by atoms with Crippen LogP contribution in [0, 0.1) is 17.2 Å². The van der Waals surface area contributed by atoms with Crippen molar-refractivity contribution in [3.63, 3.8) is 0 Å². The number of allylic oxidation sites excluding steroid dienone is 4. The standard InChI is InChI=1S/C10H12N2/c11-6-8-12-7-5-9-3-1-2-4-10(9)12/h1-2,4,9H,3,5,7-8H2. The van der Waals surface area contributed by atoms with E-state index in [-0.39, 0.29) is 0 Å². The summed E-state index contributed by atoms with van der Waals surface area (Å²) in [6, 6.07) is 2.20. The fourth-order valence-electron chi connectivity index (χ4n) is 1.99. The molecule has 62 valence electrons. The second-order valence-electron chi connectivity index (χ2n) is 3.32. The van der Waals surface area contributed by atoms with Crippen LogP contribution in [0.25, 0.3) is 0 Å². The van der Waals surface area contributed by atoms with Gasteiger partial charge in [0, 0.05) is 18.2 Å². The van der Waals surface area contributed by atoms with Crippen molar-refractivity contribution >= 4 is 0 Å². The number of nitriles is 1. The summed E-state index contributed by atoms with van der Waals surface area (Å²) in [5.74, 6) is 0.698. The van der Waals surface area contributed by atoms with E-state index in [0.29, 0.717) is 12.5 Å². The Labute approximate surface area is 72.8 Å². The van der Waals surface area contributed by atoms with Crippen LogP contribution in [-0.2, 0) is 0 Å². The minimum atomic E-state index is 0.552. The first-order valence-corrected chi connectivity index (χ1v) is 4.40. The monoisotopic (exact) mass is 160 g/mol. The molecule has 0 N–H and O–H groups in total. The number of fused-ring (bicyclic) bond motifs is 1. The quantitative estimate of drug-likeness (QED) is 0.546. The van der Waals surface area contributed by atoms with Crippen LogP contribution in [0.15, 0.2) is 23.9 Å². The number of nitrogens with zero attached hydrogens (tertiary/aromatic N) is 2. The second kappa shape index (κ2) is 3.02. The van der Waals surface area contributed by atoms with Gasteiger partial charge in [-0.05, 0) is 18.9 Å². The molecular formula is C10H12N2. The van der Waals surface area contributed by atoms with Crippen LogP contribution < -0.4 is 0 Å². The van der Waals surface area contributed by atoms with Gasteiger partial charge in [0.25, 0.3) is 0 Å². The van der Waals surface area contributed by atoms with Gasteiger partial charge >= 0.3 is 0 Å². The molecule has 0 aromatic rings. The Bertz CT molecular complexity index is 270. The highest BCUT2D eigenvalue weighted by atomic mass is 15.2. The van der Waals surface area contributed by atoms with Crippen molar-refractivity contribution < 1.29 is 0 Å². The van der Waals surface area contributed by atoms with Crippen LogP contribution in [-0.4, -0.2) is 18.0 Å². The molecule has 1 heterocycles. The Kier molecular flexibility index (Phi) is 1.87. The predicted octanol–water partition coefficient (Wildman–Crippen LogP) is 1.68. The Morgan fingerprint density at radius 2 is 2.58 bits per heavy atom. The molecule has 0 aromatic heterocycles. The third-order valence-corrected chi connectivity index (χ3v) is 2.62. The lowest BCUT2D eigenvalue weighted by molar-refractivity contribution is 0.435. The molecule has 2 nitrogen and oxygen atoms in total. The van der Waals surface area contributed by atoms with Crippen molar-refractivity contribution in [2.45, 2.75) is 12.8 Å². The molecule has 0 bridgehead atoms. The summed E-state index contributed by atoms with van der Waals surface area (Å²) in [4.78, 5) is 2.19. The van der Waals surface area contributed by atoms with E-state index in [4.69, 9.17) is 5.26 Å². The minimum absolute atomic E-state index is 0.552. The molecule has 0 amide bonds. The number of hydrogen-bond donors (Lipinski definition) is 0. The molecule has 1 aliphatic heterocycles. The van der Waals surface area contributed by atoms with Crippen LogP contribution in [0.3, 0.4) is 0 Å². The summed E-state index contributed by atoms with van der Waals surface area (Å²) in [6.07, 6.45) is 8.84. The van der Waals surface area contributed by atoms with E-state index in [1.54, 1.807) is 0 Å². The van der Waals surface area contributed by atoms with Crippen LogP contribution in [0.2, 0.25) is 0 Å². The first kappa shape index (κ1) is 7.42. The van der Waals surface area contributed by atoms with Crippen LogP contribution in [0.4, 0.5) is 0 Å². The van der Waals surface area contributed by atoms with Gasteiger partial charge in [0.1, 0.15) is 6.54 Å². The van der Waals surface area contributed by atoms with Crippen molar-refractivity contribution in [1.29, 1.82) is 5.26 Å². The summed E-state index contributed by atoms with van der Waals surface area (Å²) < 4.78 is 0. The lowest BCUT2D eigenvalue weighted by Gasteiger charge is -2.20. The summed E-state index contributed by atoms with van der Waals surface area (Å²) in [7, 11) is 0. The van der Waals surface area contributed by atoms with E-state index in [9.17, 15) is 0 Å². The lowest BCUT2D eigenvalue weighted by atomic mass is 9.97. The zero-order valence-corrected chi connectivity index (χ0v) is 7.03. The minimum Gasteiger partial charge on any atom is -0.361 e. The average molecular weight is 160 g/mol. The summed E-state index contributed by atoms with van der Waals surface area (Å²) in [6.45, 7) is 1.61. The highest BCUT2D eigenvalue weighted by molar-refractivity contribution is 5.23. The first-order chi connectivity index (χ1) is 5.92. The lowest BCUT2D eigenvalue weighted by Crippen LogP contribution is -2.19. The first-order valence-electron chi connectivity index (χ1n) is 4.40. The number of hydrogen-bond acceptors (Lipinski definition) is 2. The molecule has 1 atom stereocenters. The van der Waals surface area contributed by atoms with E-state index in [0.717, 1.165) is 13.0 Å². The summed E-state index contributed by atoms with van der Waals surface area (Å²) >= 11 is 0. The summed E-state index contributed by atoms with van der Waals surface area (Å²) in [5, 5.41) is 8.58. The largest absolute Gasteiger partial charge is 0.361 e. The highest BCUT2D eigenvalue weighted by Gasteiger charge is 2.26. The fourth-order valence-corrected chi connectivity index (χ4v) is 1.99. The molecule has 2 rings (SSSR count). The normalized spacial score (nSPS) is 26.4. The third kappa shape index (κ3) is 1.12. The molecule has 1 aliphatic carbocycles. The maximum atomic E-state index is 8.58. The van der Waals surface area contributed by atoms with E-state index >= 15 is 0 Å². The molecule has 0 saturated carbocycles. The van der Waals surface area contributed by atoms with Crippen molar-refractivity contribution in [3.05, 3.63) is 23.9 Å². The SMILES string of the molecule is N#CCN1CCC2CC=CC=C21. The van der Waals surface area contributed by atoms with E-state index in [1.807, 2.05) is 0 Å². The Hall–Kier alpha value is -1.23. The molecular weight excluding hydrogens is 148 g/mol. The van der Waals surface area contributed by atoms with Gasteiger partial charge in [0.05, 0.1) is 6.07 Å². The van der Waals surface area contributed by atoms with Gasteiger partial charge in [0.15, 0.2) is 0 Å². The van der Waals surface area contributed by atoms with Crippen molar-refractivity contribution in [3.8, 4) is 6.07 Å². The van der Waals surface area contributed by atoms with Gasteiger partial charge in [-0.1, -0.05) is 12.2 Å². The van der Waals surface area contributed by atoms with Gasteiger partial charge in [0.2, 0.25) is 0 Å². The maximum absolute atomic E-state index is 8.58. The molecule has 0 radical (unpaired) electrons. The predicted molar refractivity (Wildman–Crippen MR) is 47.1 cm³/mol. The van der Waals surface area contributed by atoms with Crippen LogP contribution >= 0.6 is 0 Å². The van der Waals surface area contributed by atoms with Gasteiger partial charge in [-0.15, -0.1) is 0 Å². The molecule has 0 spiro atoms. The van der Waals surface area contributed by atoms with Crippen LogP contribution in [0.1, 0.15) is 12.8 Å². The Morgan fingerprint density at radius 1 is 1.67 bits per heavy atom. The van der Waals surface area contributed by atoms with Crippen molar-refractivity contribution in [1.82, 2.24) is 4.90 Å². The molecule has 1 fully saturated rings. The molecule has 12 heavy (non-hydrogen) atoms. The maximum Gasteiger partial charge on any atom is 0.105 e. The smallest absolute Gasteiger partial charge is 0.105 e. The Morgan fingerprint density at radius 3 is 3.42 bits per heavy atom. The second-order valence-corrected chi connectivity index (χ2v) is 3.32. The summed E-state index contributed by atoms with van der Waals surface area (Å²) in [5.41, 5.74) is 1.37. The van der Waals surface area contributed by atoms with Crippen LogP contribution in [0.5, 0.6) is 0 Å². The van der Waals surface area contributed by atoms with E-state index < -0.39 is 0 Å². The van der Waals surface area contributed by atoms with E-state index in [2.05, 4.69) is 29.2 Å². The molecule has 0 aromatic carbocycles. The average Bonchev–Trinajstić information content (AvgIpc) is 2.50.